The first-order chi connectivity index (χ1) is 7.71. The highest BCUT2D eigenvalue weighted by Gasteiger charge is 2.27. The van der Waals surface area contributed by atoms with E-state index in [4.69, 9.17) is 0 Å². The second kappa shape index (κ2) is 3.59. The highest BCUT2D eigenvalue weighted by Crippen LogP contribution is 2.36. The van der Waals surface area contributed by atoms with Crippen LogP contribution in [0.15, 0.2) is 24.8 Å². The lowest BCUT2D eigenvalue weighted by atomic mass is 9.75. The molecule has 2 heterocycles. The maximum absolute atomic E-state index is 4.26. The number of hydrogen-bond acceptors (Lipinski definition) is 1. The van der Waals surface area contributed by atoms with Gasteiger partial charge in [0.2, 0.25) is 0 Å². The van der Waals surface area contributed by atoms with Gasteiger partial charge >= 0.3 is 0 Å². The summed E-state index contributed by atoms with van der Waals surface area (Å²) in [6, 6.07) is 2.23. The molecular weight excluding hydrogens is 208 g/mol. The van der Waals surface area contributed by atoms with Crippen molar-refractivity contribution in [1.29, 1.82) is 0 Å². The molecule has 0 aliphatic rings. The Kier molecular flexibility index (Phi) is 2.57. The van der Waals surface area contributed by atoms with Crippen molar-refractivity contribution in [2.75, 3.05) is 0 Å². The number of nitrogens with zero attached hydrogens (tertiary/aromatic N) is 2. The largest absolute Gasteiger partial charge is 0.306 e. The van der Waals surface area contributed by atoms with Crippen LogP contribution in [0.5, 0.6) is 0 Å². The van der Waals surface area contributed by atoms with E-state index in [1.165, 1.54) is 16.6 Å². The van der Waals surface area contributed by atoms with Crippen LogP contribution in [0.3, 0.4) is 0 Å². The number of rotatable bonds is 0. The minimum atomic E-state index is 0.130. The predicted molar refractivity (Wildman–Crippen MR) is 72.6 cm³/mol. The minimum absolute atomic E-state index is 0.130. The average Bonchev–Trinajstić information content (AvgIpc) is 2.59. The first-order valence-electron chi connectivity index (χ1n) is 6.17. The maximum Gasteiger partial charge on any atom is 0.0992 e. The molecule has 0 aromatic carbocycles. The minimum Gasteiger partial charge on any atom is -0.306 e. The van der Waals surface area contributed by atoms with Gasteiger partial charge in [0.1, 0.15) is 0 Å². The SMILES string of the molecule is CC(C)(C)c1ccn2cncc2c1C(C)(C)C. The Morgan fingerprint density at radius 2 is 1.65 bits per heavy atom. The van der Waals surface area contributed by atoms with Gasteiger partial charge < -0.3 is 4.40 Å². The van der Waals surface area contributed by atoms with E-state index in [9.17, 15) is 0 Å². The molecule has 0 N–H and O–H groups in total. The first kappa shape index (κ1) is 12.2. The molecule has 2 rings (SSSR count). The van der Waals surface area contributed by atoms with Crippen molar-refractivity contribution >= 4 is 5.52 Å². The molecular formula is C15H22N2. The summed E-state index contributed by atoms with van der Waals surface area (Å²) >= 11 is 0. The van der Waals surface area contributed by atoms with Gasteiger partial charge in [-0.15, -0.1) is 0 Å². The van der Waals surface area contributed by atoms with Crippen LogP contribution < -0.4 is 0 Å². The molecule has 0 bridgehead atoms. The monoisotopic (exact) mass is 230 g/mol. The fourth-order valence-corrected chi connectivity index (χ4v) is 2.41. The molecule has 0 aliphatic heterocycles. The van der Waals surface area contributed by atoms with Crippen LogP contribution in [0.25, 0.3) is 5.52 Å². The quantitative estimate of drug-likeness (QED) is 0.670. The molecule has 0 spiro atoms. The van der Waals surface area contributed by atoms with Crippen molar-refractivity contribution < 1.29 is 0 Å². The molecule has 2 aromatic heterocycles. The van der Waals surface area contributed by atoms with Crippen LogP contribution in [-0.4, -0.2) is 9.38 Å². The second-order valence-electron chi connectivity index (χ2n) is 6.79. The van der Waals surface area contributed by atoms with Gasteiger partial charge in [0.15, 0.2) is 0 Å². The first-order valence-corrected chi connectivity index (χ1v) is 6.17. The molecule has 0 saturated carbocycles. The number of imidazole rings is 1. The molecule has 0 amide bonds. The van der Waals surface area contributed by atoms with Gasteiger partial charge in [0.05, 0.1) is 18.0 Å². The van der Waals surface area contributed by atoms with Crippen molar-refractivity contribution in [1.82, 2.24) is 9.38 Å². The molecule has 2 heteroatoms. The molecule has 0 saturated heterocycles. The highest BCUT2D eigenvalue weighted by atomic mass is 15.0. The Bertz CT molecular complexity index is 536. The fraction of sp³-hybridized carbons (Fsp3) is 0.533. The van der Waals surface area contributed by atoms with Gasteiger partial charge in [0, 0.05) is 6.20 Å². The lowest BCUT2D eigenvalue weighted by Gasteiger charge is -2.30. The molecule has 0 unspecified atom stereocenters. The lowest BCUT2D eigenvalue weighted by Crippen LogP contribution is -2.23. The van der Waals surface area contributed by atoms with Gasteiger partial charge in [-0.2, -0.15) is 0 Å². The van der Waals surface area contributed by atoms with E-state index in [0.717, 1.165) is 0 Å². The summed E-state index contributed by atoms with van der Waals surface area (Å²) in [6.45, 7) is 13.6. The van der Waals surface area contributed by atoms with Crippen LogP contribution in [0.2, 0.25) is 0 Å². The van der Waals surface area contributed by atoms with E-state index in [1.54, 1.807) is 0 Å². The second-order valence-corrected chi connectivity index (χ2v) is 6.79. The molecule has 92 valence electrons. The Morgan fingerprint density at radius 3 is 2.18 bits per heavy atom. The number of aromatic nitrogens is 2. The summed E-state index contributed by atoms with van der Waals surface area (Å²) in [7, 11) is 0. The number of hydrogen-bond donors (Lipinski definition) is 0. The van der Waals surface area contributed by atoms with E-state index in [2.05, 4.69) is 63.2 Å². The van der Waals surface area contributed by atoms with Crippen LogP contribution in [0.1, 0.15) is 52.7 Å². The van der Waals surface area contributed by atoms with E-state index in [-0.39, 0.29) is 10.8 Å². The highest BCUT2D eigenvalue weighted by molar-refractivity contribution is 5.61. The van der Waals surface area contributed by atoms with Crippen molar-refractivity contribution in [3.63, 3.8) is 0 Å². The van der Waals surface area contributed by atoms with Crippen LogP contribution in [0.4, 0.5) is 0 Å². The smallest absolute Gasteiger partial charge is 0.0992 e. The zero-order chi connectivity index (χ0) is 12.8. The lowest BCUT2D eigenvalue weighted by molar-refractivity contribution is 0.532. The third-order valence-electron chi connectivity index (χ3n) is 3.15. The molecule has 0 atom stereocenters. The fourth-order valence-electron chi connectivity index (χ4n) is 2.41. The van der Waals surface area contributed by atoms with Gasteiger partial charge in [-0.25, -0.2) is 4.98 Å². The topological polar surface area (TPSA) is 17.3 Å². The van der Waals surface area contributed by atoms with Crippen LogP contribution in [0, 0.1) is 0 Å². The molecule has 0 fully saturated rings. The number of pyridine rings is 1. The van der Waals surface area contributed by atoms with Crippen molar-refractivity contribution in [3.05, 3.63) is 35.9 Å². The zero-order valence-corrected chi connectivity index (χ0v) is 11.7. The average molecular weight is 230 g/mol. The standard InChI is InChI=1S/C15H22N2/c1-14(2,3)11-7-8-17-10-16-9-12(17)13(11)15(4,5)6/h7-10H,1-6H3. The van der Waals surface area contributed by atoms with Crippen molar-refractivity contribution in [2.45, 2.75) is 52.4 Å². The van der Waals surface area contributed by atoms with Gasteiger partial charge in [-0.05, 0) is 28.0 Å². The molecule has 2 nitrogen and oxygen atoms in total. The third kappa shape index (κ3) is 2.08. The van der Waals surface area contributed by atoms with Crippen molar-refractivity contribution in [3.8, 4) is 0 Å². The Labute approximate surface area is 104 Å². The Morgan fingerprint density at radius 1 is 1.00 bits per heavy atom. The normalized spacial score (nSPS) is 13.3. The Hall–Kier alpha value is -1.31. The van der Waals surface area contributed by atoms with Gasteiger partial charge in [0.25, 0.3) is 0 Å². The predicted octanol–water partition coefficient (Wildman–Crippen LogP) is 3.93. The third-order valence-corrected chi connectivity index (χ3v) is 3.15. The maximum atomic E-state index is 4.26. The van der Waals surface area contributed by atoms with E-state index in [1.807, 2.05) is 12.5 Å². The molecule has 17 heavy (non-hydrogen) atoms. The van der Waals surface area contributed by atoms with Crippen LogP contribution >= 0.6 is 0 Å². The van der Waals surface area contributed by atoms with Gasteiger partial charge in [-0.3, -0.25) is 0 Å². The Balaban J connectivity index is 2.85. The summed E-state index contributed by atoms with van der Waals surface area (Å²) in [5, 5.41) is 0. The molecule has 0 radical (unpaired) electrons. The number of fused-ring (bicyclic) bond motifs is 1. The summed E-state index contributed by atoms with van der Waals surface area (Å²) < 4.78 is 2.11. The zero-order valence-electron chi connectivity index (χ0n) is 11.7. The van der Waals surface area contributed by atoms with E-state index in [0.29, 0.717) is 0 Å². The summed E-state index contributed by atoms with van der Waals surface area (Å²) in [5.41, 5.74) is 4.34. The molecule has 2 aromatic rings. The van der Waals surface area contributed by atoms with E-state index >= 15 is 0 Å². The summed E-state index contributed by atoms with van der Waals surface area (Å²) in [5.74, 6) is 0. The van der Waals surface area contributed by atoms with Crippen LogP contribution in [-0.2, 0) is 10.8 Å². The van der Waals surface area contributed by atoms with Crippen molar-refractivity contribution in [2.24, 2.45) is 0 Å². The summed E-state index contributed by atoms with van der Waals surface area (Å²) in [4.78, 5) is 4.26. The van der Waals surface area contributed by atoms with Gasteiger partial charge in [-0.1, -0.05) is 41.5 Å². The molecule has 0 aliphatic carbocycles. The summed E-state index contributed by atoms with van der Waals surface area (Å²) in [6.07, 6.45) is 5.95. The van der Waals surface area contributed by atoms with E-state index < -0.39 is 0 Å².